The predicted molar refractivity (Wildman–Crippen MR) is 63.4 cm³/mol. The molecule has 9 heteroatoms. The van der Waals surface area contributed by atoms with Gasteiger partial charge in [-0.2, -0.15) is 10.3 Å². The molecule has 0 aliphatic carbocycles. The maximum absolute atomic E-state index is 13.5. The molecule has 0 unspecified atom stereocenters. The number of hydrogen-bond donors (Lipinski definition) is 1. The van der Waals surface area contributed by atoms with Crippen molar-refractivity contribution in [3.63, 3.8) is 0 Å². The van der Waals surface area contributed by atoms with Crippen LogP contribution in [0.3, 0.4) is 0 Å². The van der Waals surface area contributed by atoms with Crippen molar-refractivity contribution < 1.29 is 18.3 Å². The topological polar surface area (TPSA) is 84.0 Å². The molecule has 106 valence electrons. The Morgan fingerprint density at radius 3 is 3.15 bits per heavy atom. The van der Waals surface area contributed by atoms with E-state index in [1.54, 1.807) is 0 Å². The van der Waals surface area contributed by atoms with Crippen LogP contribution in [0.4, 0.5) is 8.78 Å². The SMILES string of the molecule is O=C(c1ccnc2n[nH]nc12)N1CCOCC(F)(F)C1. The molecule has 0 bridgehead atoms. The number of ether oxygens (including phenoxy) is 1. The normalized spacial score (nSPS) is 19.0. The lowest BCUT2D eigenvalue weighted by Gasteiger charge is -2.23. The summed E-state index contributed by atoms with van der Waals surface area (Å²) in [6.07, 6.45) is 1.39. The number of halogens is 2. The summed E-state index contributed by atoms with van der Waals surface area (Å²) in [5, 5.41) is 9.95. The van der Waals surface area contributed by atoms with Crippen LogP contribution in [-0.4, -0.2) is 63.4 Å². The highest BCUT2D eigenvalue weighted by atomic mass is 19.3. The Morgan fingerprint density at radius 2 is 2.30 bits per heavy atom. The van der Waals surface area contributed by atoms with E-state index in [1.165, 1.54) is 12.3 Å². The number of amides is 1. The number of hydrogen-bond acceptors (Lipinski definition) is 5. The number of alkyl halides is 2. The number of aromatic nitrogens is 4. The highest BCUT2D eigenvalue weighted by molar-refractivity contribution is 6.03. The molecule has 1 aliphatic heterocycles. The van der Waals surface area contributed by atoms with E-state index in [2.05, 4.69) is 20.4 Å². The monoisotopic (exact) mass is 283 g/mol. The highest BCUT2D eigenvalue weighted by Gasteiger charge is 2.37. The molecule has 1 N–H and O–H groups in total. The van der Waals surface area contributed by atoms with Gasteiger partial charge < -0.3 is 9.64 Å². The molecule has 20 heavy (non-hydrogen) atoms. The molecule has 0 radical (unpaired) electrons. The van der Waals surface area contributed by atoms with Crippen molar-refractivity contribution in [2.75, 3.05) is 26.3 Å². The summed E-state index contributed by atoms with van der Waals surface area (Å²) in [5.41, 5.74) is 0.737. The van der Waals surface area contributed by atoms with Gasteiger partial charge in [-0.05, 0) is 6.07 Å². The van der Waals surface area contributed by atoms with Crippen molar-refractivity contribution in [2.24, 2.45) is 0 Å². The Labute approximate surface area is 111 Å². The van der Waals surface area contributed by atoms with Crippen molar-refractivity contribution in [3.8, 4) is 0 Å². The molecular formula is C11H11F2N5O2. The Kier molecular flexibility index (Phi) is 3.05. The molecule has 0 spiro atoms. The molecule has 1 aliphatic rings. The van der Waals surface area contributed by atoms with Crippen LogP contribution in [0.5, 0.6) is 0 Å². The van der Waals surface area contributed by atoms with Gasteiger partial charge in [-0.1, -0.05) is 0 Å². The fourth-order valence-corrected chi connectivity index (χ4v) is 2.07. The predicted octanol–water partition coefficient (Wildman–Crippen LogP) is 0.461. The molecule has 2 aromatic heterocycles. The summed E-state index contributed by atoms with van der Waals surface area (Å²) in [7, 11) is 0. The molecular weight excluding hydrogens is 272 g/mol. The number of carbonyl (C=O) groups excluding carboxylic acids is 1. The molecule has 0 atom stereocenters. The number of carbonyl (C=O) groups is 1. The van der Waals surface area contributed by atoms with E-state index in [4.69, 9.17) is 4.74 Å². The molecule has 3 rings (SSSR count). The second-order valence-corrected chi connectivity index (χ2v) is 4.49. The third-order valence-electron chi connectivity index (χ3n) is 2.98. The van der Waals surface area contributed by atoms with Crippen molar-refractivity contribution >= 4 is 17.1 Å². The molecule has 7 nitrogen and oxygen atoms in total. The van der Waals surface area contributed by atoms with Gasteiger partial charge in [0.1, 0.15) is 12.1 Å². The van der Waals surface area contributed by atoms with Crippen molar-refractivity contribution in [2.45, 2.75) is 5.92 Å². The lowest BCUT2D eigenvalue weighted by molar-refractivity contribution is -0.0660. The van der Waals surface area contributed by atoms with Gasteiger partial charge in [0.2, 0.25) is 5.65 Å². The molecule has 0 saturated carbocycles. The van der Waals surface area contributed by atoms with Gasteiger partial charge in [0, 0.05) is 12.7 Å². The maximum Gasteiger partial charge on any atom is 0.288 e. The number of nitrogens with one attached hydrogen (secondary N) is 1. The summed E-state index contributed by atoms with van der Waals surface area (Å²) >= 11 is 0. The lowest BCUT2D eigenvalue weighted by Crippen LogP contribution is -2.41. The number of aromatic amines is 1. The summed E-state index contributed by atoms with van der Waals surface area (Å²) in [6, 6.07) is 1.44. The van der Waals surface area contributed by atoms with E-state index in [-0.39, 0.29) is 29.9 Å². The molecule has 1 saturated heterocycles. The van der Waals surface area contributed by atoms with Crippen LogP contribution in [-0.2, 0) is 4.74 Å². The Balaban J connectivity index is 1.93. The lowest BCUT2D eigenvalue weighted by atomic mass is 10.2. The number of rotatable bonds is 1. The average Bonchev–Trinajstić information content (AvgIpc) is 2.82. The maximum atomic E-state index is 13.5. The zero-order chi connectivity index (χ0) is 14.2. The van der Waals surface area contributed by atoms with Gasteiger partial charge in [-0.3, -0.25) is 4.79 Å². The molecule has 1 fully saturated rings. The first-order valence-electron chi connectivity index (χ1n) is 5.97. The Morgan fingerprint density at radius 1 is 1.45 bits per heavy atom. The third-order valence-corrected chi connectivity index (χ3v) is 2.98. The number of nitrogens with zero attached hydrogens (tertiary/aromatic N) is 4. The van der Waals surface area contributed by atoms with Gasteiger partial charge >= 0.3 is 0 Å². The third kappa shape index (κ3) is 2.31. The van der Waals surface area contributed by atoms with E-state index in [0.29, 0.717) is 0 Å². The van der Waals surface area contributed by atoms with Crippen LogP contribution < -0.4 is 0 Å². The summed E-state index contributed by atoms with van der Waals surface area (Å²) in [4.78, 5) is 17.4. The van der Waals surface area contributed by atoms with Crippen LogP contribution in [0.15, 0.2) is 12.3 Å². The molecule has 0 aromatic carbocycles. The van der Waals surface area contributed by atoms with Gasteiger partial charge in [-0.25, -0.2) is 13.8 Å². The van der Waals surface area contributed by atoms with E-state index < -0.39 is 25.0 Å². The van der Waals surface area contributed by atoms with Crippen molar-refractivity contribution in [1.29, 1.82) is 0 Å². The van der Waals surface area contributed by atoms with Gasteiger partial charge in [0.05, 0.1) is 18.7 Å². The van der Waals surface area contributed by atoms with Crippen molar-refractivity contribution in [1.82, 2.24) is 25.3 Å². The van der Waals surface area contributed by atoms with E-state index in [0.717, 1.165) is 4.90 Å². The highest BCUT2D eigenvalue weighted by Crippen LogP contribution is 2.21. The molecule has 1 amide bonds. The van der Waals surface area contributed by atoms with E-state index in [1.807, 2.05) is 0 Å². The summed E-state index contributed by atoms with van der Waals surface area (Å²) in [6.45, 7) is -1.16. The van der Waals surface area contributed by atoms with Crippen LogP contribution >= 0.6 is 0 Å². The van der Waals surface area contributed by atoms with E-state index in [9.17, 15) is 13.6 Å². The number of fused-ring (bicyclic) bond motifs is 1. The second-order valence-electron chi connectivity index (χ2n) is 4.49. The largest absolute Gasteiger partial charge is 0.373 e. The zero-order valence-corrected chi connectivity index (χ0v) is 10.3. The minimum absolute atomic E-state index is 0.0777. The Bertz CT molecular complexity index is 645. The van der Waals surface area contributed by atoms with Crippen LogP contribution in [0.25, 0.3) is 11.2 Å². The fraction of sp³-hybridized carbons (Fsp3) is 0.455. The molecule has 2 aromatic rings. The first kappa shape index (κ1) is 12.9. The van der Waals surface area contributed by atoms with Gasteiger partial charge in [-0.15, -0.1) is 5.10 Å². The first-order chi connectivity index (χ1) is 9.57. The van der Waals surface area contributed by atoms with E-state index >= 15 is 0 Å². The Hall–Kier alpha value is -2.16. The van der Waals surface area contributed by atoms with Gasteiger partial charge in [0.25, 0.3) is 11.8 Å². The quantitative estimate of drug-likeness (QED) is 0.822. The molecule has 3 heterocycles. The van der Waals surface area contributed by atoms with Crippen LogP contribution in [0.2, 0.25) is 0 Å². The minimum Gasteiger partial charge on any atom is -0.373 e. The first-order valence-corrected chi connectivity index (χ1v) is 5.97. The average molecular weight is 283 g/mol. The number of pyridine rings is 1. The van der Waals surface area contributed by atoms with Crippen molar-refractivity contribution in [3.05, 3.63) is 17.8 Å². The minimum atomic E-state index is -3.05. The smallest absolute Gasteiger partial charge is 0.288 e. The van der Waals surface area contributed by atoms with Crippen LogP contribution in [0, 0.1) is 0 Å². The summed E-state index contributed by atoms with van der Waals surface area (Å²) in [5.74, 6) is -3.58. The zero-order valence-electron chi connectivity index (χ0n) is 10.3. The number of H-pyrrole nitrogens is 1. The second kappa shape index (κ2) is 4.75. The van der Waals surface area contributed by atoms with Gasteiger partial charge in [0.15, 0.2) is 0 Å². The van der Waals surface area contributed by atoms with Crippen LogP contribution in [0.1, 0.15) is 10.4 Å². The fourth-order valence-electron chi connectivity index (χ4n) is 2.07. The standard InChI is InChI=1S/C11H11F2N5O2/c12-11(13)5-18(3-4-20-6-11)10(19)7-1-2-14-9-8(7)15-17-16-9/h1-2H,3-6H2,(H,14,15,16,17). The summed E-state index contributed by atoms with van der Waals surface area (Å²) < 4.78 is 31.8.